The second-order valence-electron chi connectivity index (χ2n) is 2.55. The molecule has 5 heteroatoms. The Labute approximate surface area is 96.6 Å². The van der Waals surface area contributed by atoms with Gasteiger partial charge in [-0.3, -0.25) is 9.78 Å². The van der Waals surface area contributed by atoms with Crippen molar-refractivity contribution in [3.63, 3.8) is 0 Å². The lowest BCUT2D eigenvalue weighted by atomic mass is 10.3. The number of nitrogens with zero attached hydrogens (tertiary/aromatic N) is 1. The number of hydrogen-bond acceptors (Lipinski definition) is 2. The Morgan fingerprint density at radius 1 is 1.50 bits per heavy atom. The summed E-state index contributed by atoms with van der Waals surface area (Å²) in [5, 5.41) is 2.79. The molecule has 4 nitrogen and oxygen atoms in total. The van der Waals surface area contributed by atoms with Crippen LogP contribution in [-0.4, -0.2) is 27.3 Å². The van der Waals surface area contributed by atoms with Crippen LogP contribution in [0.2, 0.25) is 0 Å². The zero-order chi connectivity index (χ0) is 9.52. The summed E-state index contributed by atoms with van der Waals surface area (Å²) in [6.45, 7) is 0.666. The molecule has 78 valence electrons. The summed E-state index contributed by atoms with van der Waals surface area (Å²) in [5.74, 6) is 0.0801. The van der Waals surface area contributed by atoms with E-state index in [2.05, 4.69) is 10.3 Å². The number of carbonyl (C=O) groups excluding carboxylic acids is 1. The molecule has 1 aromatic heterocycles. The third kappa shape index (κ3) is 5.13. The summed E-state index contributed by atoms with van der Waals surface area (Å²) in [5.41, 5.74) is 1.01. The fourth-order valence-corrected chi connectivity index (χ4v) is 1.19. The number of nitrogens with one attached hydrogen (secondary N) is 1. The van der Waals surface area contributed by atoms with E-state index in [0.717, 1.165) is 12.1 Å². The van der Waals surface area contributed by atoms with E-state index < -0.39 is 0 Å². The summed E-state index contributed by atoms with van der Waals surface area (Å²) >= 11 is 2.04. The van der Waals surface area contributed by atoms with Crippen LogP contribution < -0.4 is 5.32 Å². The van der Waals surface area contributed by atoms with Gasteiger partial charge in [0.05, 0.1) is 4.43 Å². The summed E-state index contributed by atoms with van der Waals surface area (Å²) < 4.78 is 0.514. The van der Waals surface area contributed by atoms with E-state index in [1.54, 1.807) is 6.20 Å². The highest BCUT2D eigenvalue weighted by Crippen LogP contribution is 1.93. The van der Waals surface area contributed by atoms with Crippen molar-refractivity contribution in [2.24, 2.45) is 0 Å². The first kappa shape index (κ1) is 13.3. The summed E-state index contributed by atoms with van der Waals surface area (Å²) in [6.07, 6.45) is 2.55. The molecule has 0 bridgehead atoms. The third-order valence-electron chi connectivity index (χ3n) is 1.55. The molecule has 0 radical (unpaired) electrons. The van der Waals surface area contributed by atoms with Gasteiger partial charge in [0, 0.05) is 24.9 Å². The molecule has 0 aliphatic carbocycles. The van der Waals surface area contributed by atoms with E-state index in [9.17, 15) is 4.79 Å². The maximum atomic E-state index is 10.9. The first-order valence-electron chi connectivity index (χ1n) is 4.05. The van der Waals surface area contributed by atoms with E-state index in [0.29, 0.717) is 11.0 Å². The SMILES string of the molecule is O.O=C(CI)NCCc1ccccn1. The molecule has 3 N–H and O–H groups in total. The first-order chi connectivity index (χ1) is 6.33. The Morgan fingerprint density at radius 2 is 2.29 bits per heavy atom. The standard InChI is InChI=1S/C9H11IN2O.H2O/c10-7-9(13)12-6-4-8-3-1-2-5-11-8;/h1-3,5H,4,6-7H2,(H,12,13);1H2. The Kier molecular flexibility index (Phi) is 7.31. The van der Waals surface area contributed by atoms with Crippen molar-refractivity contribution in [3.05, 3.63) is 30.1 Å². The van der Waals surface area contributed by atoms with Gasteiger partial charge in [-0.2, -0.15) is 0 Å². The third-order valence-corrected chi connectivity index (χ3v) is 2.24. The molecule has 14 heavy (non-hydrogen) atoms. The molecular formula is C9H13IN2O2. The van der Waals surface area contributed by atoms with Crippen LogP contribution in [0.25, 0.3) is 0 Å². The maximum Gasteiger partial charge on any atom is 0.229 e. The minimum atomic E-state index is 0. The van der Waals surface area contributed by atoms with Crippen molar-refractivity contribution < 1.29 is 10.3 Å². The lowest BCUT2D eigenvalue weighted by Crippen LogP contribution is -2.26. The Morgan fingerprint density at radius 3 is 2.86 bits per heavy atom. The lowest BCUT2D eigenvalue weighted by molar-refractivity contribution is -0.118. The predicted octanol–water partition coefficient (Wildman–Crippen LogP) is 0.351. The van der Waals surface area contributed by atoms with Crippen molar-refractivity contribution in [1.29, 1.82) is 0 Å². The van der Waals surface area contributed by atoms with Crippen LogP contribution in [-0.2, 0) is 11.2 Å². The fraction of sp³-hybridized carbons (Fsp3) is 0.333. The highest BCUT2D eigenvalue weighted by atomic mass is 127. The van der Waals surface area contributed by atoms with Crippen LogP contribution in [0.3, 0.4) is 0 Å². The summed E-state index contributed by atoms with van der Waals surface area (Å²) in [7, 11) is 0. The molecule has 0 aromatic carbocycles. The average molecular weight is 308 g/mol. The molecule has 0 saturated carbocycles. The van der Waals surface area contributed by atoms with Crippen molar-refractivity contribution >= 4 is 28.5 Å². The van der Waals surface area contributed by atoms with Gasteiger partial charge in [-0.05, 0) is 12.1 Å². The highest BCUT2D eigenvalue weighted by molar-refractivity contribution is 14.1. The van der Waals surface area contributed by atoms with Crippen LogP contribution in [0.15, 0.2) is 24.4 Å². The van der Waals surface area contributed by atoms with Crippen molar-refractivity contribution in [3.8, 4) is 0 Å². The minimum Gasteiger partial charge on any atom is -0.412 e. The van der Waals surface area contributed by atoms with E-state index in [1.165, 1.54) is 0 Å². The second kappa shape index (κ2) is 7.69. The van der Waals surface area contributed by atoms with Crippen LogP contribution in [0.4, 0.5) is 0 Å². The largest absolute Gasteiger partial charge is 0.412 e. The predicted molar refractivity (Wildman–Crippen MR) is 63.5 cm³/mol. The zero-order valence-corrected chi connectivity index (χ0v) is 9.82. The molecule has 1 rings (SSSR count). The van der Waals surface area contributed by atoms with E-state index in [1.807, 2.05) is 40.8 Å². The first-order valence-corrected chi connectivity index (χ1v) is 5.58. The van der Waals surface area contributed by atoms with Crippen LogP contribution in [0.1, 0.15) is 5.69 Å². The van der Waals surface area contributed by atoms with E-state index >= 15 is 0 Å². The van der Waals surface area contributed by atoms with Crippen LogP contribution >= 0.6 is 22.6 Å². The molecule has 0 unspecified atom stereocenters. The average Bonchev–Trinajstić information content (AvgIpc) is 2.19. The van der Waals surface area contributed by atoms with Gasteiger partial charge in [-0.25, -0.2) is 0 Å². The van der Waals surface area contributed by atoms with Crippen LogP contribution in [0.5, 0.6) is 0 Å². The Balaban J connectivity index is 0.00000169. The van der Waals surface area contributed by atoms with E-state index in [4.69, 9.17) is 0 Å². The molecule has 1 amide bonds. The van der Waals surface area contributed by atoms with Gasteiger partial charge in [0.1, 0.15) is 0 Å². The normalized spacial score (nSPS) is 8.93. The van der Waals surface area contributed by atoms with Gasteiger partial charge in [0.15, 0.2) is 0 Å². The summed E-state index contributed by atoms with van der Waals surface area (Å²) in [4.78, 5) is 15.0. The number of pyridine rings is 1. The Bertz CT molecular complexity index is 267. The fourth-order valence-electron chi connectivity index (χ4n) is 0.923. The van der Waals surface area contributed by atoms with Crippen LogP contribution in [0, 0.1) is 0 Å². The van der Waals surface area contributed by atoms with Crippen molar-refractivity contribution in [2.75, 3.05) is 11.0 Å². The number of hydrogen-bond donors (Lipinski definition) is 1. The molecule has 0 fully saturated rings. The van der Waals surface area contributed by atoms with Crippen molar-refractivity contribution in [1.82, 2.24) is 10.3 Å². The van der Waals surface area contributed by atoms with Gasteiger partial charge < -0.3 is 10.8 Å². The lowest BCUT2D eigenvalue weighted by Gasteiger charge is -2.01. The topological polar surface area (TPSA) is 73.5 Å². The van der Waals surface area contributed by atoms with Gasteiger partial charge >= 0.3 is 0 Å². The molecule has 1 aromatic rings. The van der Waals surface area contributed by atoms with Crippen molar-refractivity contribution in [2.45, 2.75) is 6.42 Å². The number of aromatic nitrogens is 1. The number of alkyl halides is 1. The molecule has 0 saturated heterocycles. The number of carbonyl (C=O) groups is 1. The maximum absolute atomic E-state index is 10.9. The number of amides is 1. The quantitative estimate of drug-likeness (QED) is 0.644. The molecule has 0 aliphatic rings. The molecule has 1 heterocycles. The molecule has 0 spiro atoms. The molecular weight excluding hydrogens is 295 g/mol. The summed E-state index contributed by atoms with van der Waals surface area (Å²) in [6, 6.07) is 5.78. The zero-order valence-electron chi connectivity index (χ0n) is 7.66. The smallest absolute Gasteiger partial charge is 0.229 e. The number of halogens is 1. The van der Waals surface area contributed by atoms with Gasteiger partial charge in [0.25, 0.3) is 0 Å². The monoisotopic (exact) mass is 308 g/mol. The second-order valence-corrected chi connectivity index (χ2v) is 3.32. The molecule has 0 aliphatic heterocycles. The number of rotatable bonds is 4. The highest BCUT2D eigenvalue weighted by Gasteiger charge is 1.97. The molecule has 0 atom stereocenters. The van der Waals surface area contributed by atoms with Gasteiger partial charge in [-0.1, -0.05) is 28.7 Å². The Hall–Kier alpha value is -0.690. The minimum absolute atomic E-state index is 0. The van der Waals surface area contributed by atoms with Gasteiger partial charge in [-0.15, -0.1) is 0 Å². The van der Waals surface area contributed by atoms with E-state index in [-0.39, 0.29) is 11.4 Å². The van der Waals surface area contributed by atoms with Gasteiger partial charge in [0.2, 0.25) is 5.91 Å².